The van der Waals surface area contributed by atoms with Crippen LogP contribution in [0.3, 0.4) is 0 Å². The fraction of sp³-hybridized carbons (Fsp3) is 0.583. The van der Waals surface area contributed by atoms with Gasteiger partial charge in [-0.2, -0.15) is 0 Å². The van der Waals surface area contributed by atoms with Crippen LogP contribution < -0.4 is 0 Å². The largest absolute Gasteiger partial charge is 0.504 e. The number of allylic oxidation sites excluding steroid dienone is 1. The molecule has 0 amide bonds. The van der Waals surface area contributed by atoms with Crippen LogP contribution in [0, 0.1) is 0 Å². The molecule has 17 heavy (non-hydrogen) atoms. The quantitative estimate of drug-likeness (QED) is 0.318. The van der Waals surface area contributed by atoms with Crippen molar-refractivity contribution in [2.75, 3.05) is 6.61 Å². The van der Waals surface area contributed by atoms with Crippen molar-refractivity contribution in [2.45, 2.75) is 40.0 Å². The van der Waals surface area contributed by atoms with Gasteiger partial charge in [-0.05, 0) is 19.8 Å². The summed E-state index contributed by atoms with van der Waals surface area (Å²) in [7, 11) is 0. The average Bonchev–Trinajstić information content (AvgIpc) is 2.30. The van der Waals surface area contributed by atoms with E-state index in [9.17, 15) is 19.5 Å². The molecule has 0 heterocycles. The fourth-order valence-electron chi connectivity index (χ4n) is 1.27. The zero-order chi connectivity index (χ0) is 13.4. The number of ketones is 2. The summed E-state index contributed by atoms with van der Waals surface area (Å²) in [4.78, 5) is 34.2. The molecule has 0 aliphatic carbocycles. The minimum Gasteiger partial charge on any atom is -0.504 e. The van der Waals surface area contributed by atoms with Gasteiger partial charge in [0.15, 0.2) is 11.5 Å². The lowest BCUT2D eigenvalue weighted by molar-refractivity contribution is -0.151. The van der Waals surface area contributed by atoms with Crippen molar-refractivity contribution in [1.82, 2.24) is 0 Å². The van der Waals surface area contributed by atoms with Crippen molar-refractivity contribution >= 4 is 17.5 Å². The Hall–Kier alpha value is -1.65. The third-order valence-corrected chi connectivity index (χ3v) is 2.12. The Morgan fingerprint density at radius 3 is 2.12 bits per heavy atom. The van der Waals surface area contributed by atoms with Crippen molar-refractivity contribution in [1.29, 1.82) is 0 Å². The molecule has 0 aliphatic rings. The van der Waals surface area contributed by atoms with E-state index in [2.05, 4.69) is 4.74 Å². The van der Waals surface area contributed by atoms with E-state index in [0.29, 0.717) is 6.42 Å². The number of ether oxygens (including phenoxy) is 1. The second kappa shape index (κ2) is 7.60. The summed E-state index contributed by atoms with van der Waals surface area (Å²) >= 11 is 0. The third-order valence-electron chi connectivity index (χ3n) is 2.12. The summed E-state index contributed by atoms with van der Waals surface area (Å²) in [6.07, 6.45) is 0.817. The molecule has 1 N–H and O–H groups in total. The fourth-order valence-corrected chi connectivity index (χ4v) is 1.27. The van der Waals surface area contributed by atoms with E-state index in [-0.39, 0.29) is 25.0 Å². The second-order valence-electron chi connectivity index (χ2n) is 3.40. The Morgan fingerprint density at radius 1 is 1.12 bits per heavy atom. The number of hydrogen-bond acceptors (Lipinski definition) is 5. The first-order valence-corrected chi connectivity index (χ1v) is 5.66. The monoisotopic (exact) mass is 242 g/mol. The number of Topliss-reactive ketones (excluding diaryl/α,β-unsaturated/α-hetero) is 2. The van der Waals surface area contributed by atoms with E-state index in [0.717, 1.165) is 0 Å². The number of carbonyl (C=O) groups is 3. The van der Waals surface area contributed by atoms with Gasteiger partial charge in [-0.3, -0.25) is 9.59 Å². The Balaban J connectivity index is 5.04. The molecule has 0 bridgehead atoms. The van der Waals surface area contributed by atoms with E-state index in [1.54, 1.807) is 20.8 Å². The molecule has 0 aliphatic heterocycles. The molecule has 0 aromatic rings. The summed E-state index contributed by atoms with van der Waals surface area (Å²) in [5.41, 5.74) is -0.179. The molecule has 0 atom stereocenters. The van der Waals surface area contributed by atoms with Crippen molar-refractivity contribution in [3.8, 4) is 0 Å². The smallest absolute Gasteiger partial charge is 0.379 e. The van der Waals surface area contributed by atoms with Crippen LogP contribution in [0.15, 0.2) is 11.3 Å². The molecule has 5 nitrogen and oxygen atoms in total. The number of aliphatic hydroxyl groups excluding tert-OH is 1. The number of carbonyl (C=O) groups excluding carboxylic acids is 3. The Bertz CT molecular complexity index is 341. The predicted molar refractivity (Wildman–Crippen MR) is 61.5 cm³/mol. The van der Waals surface area contributed by atoms with Crippen LogP contribution in [0.1, 0.15) is 40.0 Å². The van der Waals surface area contributed by atoms with Gasteiger partial charge in [0, 0.05) is 6.42 Å². The lowest BCUT2D eigenvalue weighted by Gasteiger charge is -2.06. The van der Waals surface area contributed by atoms with Crippen LogP contribution in [0.5, 0.6) is 0 Å². The number of esters is 1. The first-order valence-electron chi connectivity index (χ1n) is 5.66. The highest BCUT2D eigenvalue weighted by Gasteiger charge is 2.25. The van der Waals surface area contributed by atoms with Crippen molar-refractivity contribution < 1.29 is 24.2 Å². The van der Waals surface area contributed by atoms with Gasteiger partial charge >= 0.3 is 5.97 Å². The summed E-state index contributed by atoms with van der Waals surface area (Å²) in [6.45, 7) is 5.01. The van der Waals surface area contributed by atoms with Crippen LogP contribution in [0.2, 0.25) is 0 Å². The van der Waals surface area contributed by atoms with Crippen LogP contribution in [-0.2, 0) is 19.1 Å². The average molecular weight is 242 g/mol. The highest BCUT2D eigenvalue weighted by molar-refractivity contribution is 6.41. The van der Waals surface area contributed by atoms with E-state index >= 15 is 0 Å². The van der Waals surface area contributed by atoms with E-state index in [1.807, 2.05) is 0 Å². The van der Waals surface area contributed by atoms with Gasteiger partial charge in [-0.15, -0.1) is 0 Å². The molecule has 0 radical (unpaired) electrons. The van der Waals surface area contributed by atoms with Gasteiger partial charge < -0.3 is 9.84 Å². The molecule has 0 fully saturated rings. The first-order chi connectivity index (χ1) is 7.99. The van der Waals surface area contributed by atoms with Crippen molar-refractivity contribution in [3.63, 3.8) is 0 Å². The minimum atomic E-state index is -1.04. The molecule has 96 valence electrons. The van der Waals surface area contributed by atoms with Gasteiger partial charge in [0.1, 0.15) is 0 Å². The summed E-state index contributed by atoms with van der Waals surface area (Å²) < 4.78 is 4.53. The Morgan fingerprint density at radius 2 is 1.71 bits per heavy atom. The third kappa shape index (κ3) is 4.38. The first kappa shape index (κ1) is 15.3. The van der Waals surface area contributed by atoms with Crippen molar-refractivity contribution in [3.05, 3.63) is 11.3 Å². The molecule has 0 saturated carbocycles. The van der Waals surface area contributed by atoms with E-state index in [4.69, 9.17) is 0 Å². The van der Waals surface area contributed by atoms with Gasteiger partial charge in [0.2, 0.25) is 0 Å². The van der Waals surface area contributed by atoms with Gasteiger partial charge in [-0.25, -0.2) is 4.79 Å². The molecule has 5 heteroatoms. The molecule has 0 spiro atoms. The molecule has 0 rings (SSSR count). The number of hydrogen-bond donors (Lipinski definition) is 1. The molecule has 0 aromatic carbocycles. The summed E-state index contributed by atoms with van der Waals surface area (Å²) in [5.74, 6) is -3.13. The van der Waals surface area contributed by atoms with Gasteiger partial charge in [0.25, 0.3) is 5.78 Å². The normalized spacial score (nSPS) is 11.7. The summed E-state index contributed by atoms with van der Waals surface area (Å²) in [6, 6.07) is 0. The van der Waals surface area contributed by atoms with E-state index < -0.39 is 23.3 Å². The molecule has 0 saturated heterocycles. The zero-order valence-corrected chi connectivity index (χ0v) is 10.4. The number of rotatable bonds is 7. The summed E-state index contributed by atoms with van der Waals surface area (Å²) in [5, 5.41) is 9.60. The highest BCUT2D eigenvalue weighted by atomic mass is 16.5. The van der Waals surface area contributed by atoms with Crippen LogP contribution in [0.25, 0.3) is 0 Å². The molecular formula is C12H18O5. The predicted octanol–water partition coefficient (Wildman–Crippen LogP) is 1.71. The second-order valence-corrected chi connectivity index (χ2v) is 3.40. The maximum absolute atomic E-state index is 11.6. The number of aliphatic hydroxyl groups is 1. The van der Waals surface area contributed by atoms with Gasteiger partial charge in [-0.1, -0.05) is 13.8 Å². The van der Waals surface area contributed by atoms with Crippen LogP contribution >= 0.6 is 0 Å². The SMILES string of the molecule is CCCC(=O)/C(O)=C(/CC)C(=O)C(=O)OCC. The van der Waals surface area contributed by atoms with E-state index in [1.165, 1.54) is 0 Å². The van der Waals surface area contributed by atoms with Crippen LogP contribution in [-0.4, -0.2) is 29.2 Å². The molecule has 0 unspecified atom stereocenters. The van der Waals surface area contributed by atoms with Crippen LogP contribution in [0.4, 0.5) is 0 Å². The lowest BCUT2D eigenvalue weighted by Crippen LogP contribution is -2.22. The Kier molecular flexibility index (Phi) is 6.86. The maximum Gasteiger partial charge on any atom is 0.379 e. The highest BCUT2D eigenvalue weighted by Crippen LogP contribution is 2.12. The Labute approximate surface area is 100 Å². The molecule has 0 aromatic heterocycles. The molecular weight excluding hydrogens is 224 g/mol. The maximum atomic E-state index is 11.6. The standard InChI is InChI=1S/C12H18O5/c1-4-7-9(13)10(14)8(5-2)11(15)12(16)17-6-3/h14H,4-7H2,1-3H3/b10-8+. The zero-order valence-electron chi connectivity index (χ0n) is 10.4. The minimum absolute atomic E-state index is 0.0746. The lowest BCUT2D eigenvalue weighted by atomic mass is 10.0. The topological polar surface area (TPSA) is 80.7 Å². The van der Waals surface area contributed by atoms with Gasteiger partial charge in [0.05, 0.1) is 12.2 Å². The van der Waals surface area contributed by atoms with Crippen molar-refractivity contribution in [2.24, 2.45) is 0 Å².